The molecular formula is C22H21N5. The van der Waals surface area contributed by atoms with Crippen LogP contribution in [-0.4, -0.2) is 31.0 Å². The van der Waals surface area contributed by atoms with Gasteiger partial charge in [0.2, 0.25) is 0 Å². The molecule has 5 heteroatoms. The molecule has 4 heterocycles. The average Bonchev–Trinajstić information content (AvgIpc) is 3.04. The lowest BCUT2D eigenvalue weighted by molar-refractivity contribution is 0.236. The molecular weight excluding hydrogens is 334 g/mol. The molecule has 27 heavy (non-hydrogen) atoms. The summed E-state index contributed by atoms with van der Waals surface area (Å²) in [6.45, 7) is 2.80. The first-order valence-corrected chi connectivity index (χ1v) is 9.30. The van der Waals surface area contributed by atoms with Crippen LogP contribution in [0.2, 0.25) is 0 Å². The molecule has 134 valence electrons. The fourth-order valence-corrected chi connectivity index (χ4v) is 3.84. The fraction of sp³-hybridized carbons (Fsp3) is 0.227. The molecule has 4 aromatic rings. The van der Waals surface area contributed by atoms with Gasteiger partial charge in [0.25, 0.3) is 0 Å². The molecule has 0 saturated carbocycles. The minimum absolute atomic E-state index is 0.709. The van der Waals surface area contributed by atoms with Crippen molar-refractivity contribution in [2.45, 2.75) is 19.5 Å². The molecule has 0 radical (unpaired) electrons. The zero-order chi connectivity index (χ0) is 18.2. The Morgan fingerprint density at radius 3 is 2.78 bits per heavy atom. The monoisotopic (exact) mass is 355 g/mol. The van der Waals surface area contributed by atoms with Crippen molar-refractivity contribution in [3.63, 3.8) is 0 Å². The second kappa shape index (κ2) is 6.59. The van der Waals surface area contributed by atoms with Crippen LogP contribution >= 0.6 is 0 Å². The number of para-hydroxylation sites is 1. The van der Waals surface area contributed by atoms with Crippen molar-refractivity contribution in [3.05, 3.63) is 77.9 Å². The predicted molar refractivity (Wildman–Crippen MR) is 106 cm³/mol. The van der Waals surface area contributed by atoms with E-state index in [1.807, 2.05) is 24.4 Å². The second-order valence-electron chi connectivity index (χ2n) is 7.09. The summed E-state index contributed by atoms with van der Waals surface area (Å²) in [5.41, 5.74) is 5.81. The first kappa shape index (κ1) is 16.1. The molecule has 0 fully saturated rings. The third-order valence-corrected chi connectivity index (χ3v) is 5.36. The number of aryl methyl sites for hydroxylation is 1. The van der Waals surface area contributed by atoms with E-state index in [0.29, 0.717) is 5.82 Å². The van der Waals surface area contributed by atoms with Crippen LogP contribution in [0.5, 0.6) is 0 Å². The van der Waals surface area contributed by atoms with Crippen LogP contribution in [-0.2, 0) is 26.6 Å². The van der Waals surface area contributed by atoms with E-state index in [0.717, 1.165) is 37.4 Å². The molecule has 5 nitrogen and oxygen atoms in total. The maximum Gasteiger partial charge on any atom is 0.178 e. The SMILES string of the molecule is Cn1c(CN2CCc3cnc(-c4ccccn4)nc3C2)cc2ccccc21. The van der Waals surface area contributed by atoms with Gasteiger partial charge in [-0.15, -0.1) is 0 Å². The Balaban J connectivity index is 1.41. The highest BCUT2D eigenvalue weighted by Crippen LogP contribution is 2.24. The van der Waals surface area contributed by atoms with Crippen LogP contribution < -0.4 is 0 Å². The Hall–Kier alpha value is -3.05. The van der Waals surface area contributed by atoms with E-state index in [9.17, 15) is 0 Å². The lowest BCUT2D eigenvalue weighted by atomic mass is 10.1. The summed E-state index contributed by atoms with van der Waals surface area (Å²) in [6.07, 6.45) is 4.74. The summed E-state index contributed by atoms with van der Waals surface area (Å²) in [4.78, 5) is 16.2. The first-order chi connectivity index (χ1) is 13.3. The Bertz CT molecular complexity index is 1100. The number of hydrogen-bond acceptors (Lipinski definition) is 4. The van der Waals surface area contributed by atoms with Gasteiger partial charge in [-0.2, -0.15) is 0 Å². The van der Waals surface area contributed by atoms with Crippen molar-refractivity contribution in [2.24, 2.45) is 7.05 Å². The summed E-state index contributed by atoms with van der Waals surface area (Å²) in [6, 6.07) is 16.7. The van der Waals surface area contributed by atoms with E-state index in [-0.39, 0.29) is 0 Å². The molecule has 3 aromatic heterocycles. The zero-order valence-corrected chi connectivity index (χ0v) is 15.3. The smallest absolute Gasteiger partial charge is 0.178 e. The van der Waals surface area contributed by atoms with Crippen molar-refractivity contribution in [1.82, 2.24) is 24.4 Å². The van der Waals surface area contributed by atoms with E-state index >= 15 is 0 Å². The molecule has 0 atom stereocenters. The van der Waals surface area contributed by atoms with Gasteiger partial charge < -0.3 is 4.57 Å². The third kappa shape index (κ3) is 3.00. The number of aromatic nitrogens is 4. The largest absolute Gasteiger partial charge is 0.346 e. The van der Waals surface area contributed by atoms with Gasteiger partial charge >= 0.3 is 0 Å². The summed E-state index contributed by atoms with van der Waals surface area (Å²) in [5.74, 6) is 0.709. The Labute approximate surface area is 158 Å². The summed E-state index contributed by atoms with van der Waals surface area (Å²) >= 11 is 0. The van der Waals surface area contributed by atoms with Crippen molar-refractivity contribution in [3.8, 4) is 11.5 Å². The topological polar surface area (TPSA) is 46.8 Å². The highest BCUT2D eigenvalue weighted by molar-refractivity contribution is 5.81. The standard InChI is InChI=1S/C22H21N5/c1-26-18(12-16-6-2-3-8-21(16)26)14-27-11-9-17-13-24-22(25-20(17)15-27)19-7-4-5-10-23-19/h2-8,10,12-13H,9,11,14-15H2,1H3. The maximum absolute atomic E-state index is 4.82. The van der Waals surface area contributed by atoms with Crippen LogP contribution in [0.25, 0.3) is 22.4 Å². The highest BCUT2D eigenvalue weighted by Gasteiger charge is 2.20. The predicted octanol–water partition coefficient (Wildman–Crippen LogP) is 3.59. The molecule has 0 N–H and O–H groups in total. The van der Waals surface area contributed by atoms with Crippen LogP contribution in [0, 0.1) is 0 Å². The van der Waals surface area contributed by atoms with Gasteiger partial charge in [0, 0.05) is 50.3 Å². The fourth-order valence-electron chi connectivity index (χ4n) is 3.84. The van der Waals surface area contributed by atoms with E-state index in [1.165, 1.54) is 22.2 Å². The lowest BCUT2D eigenvalue weighted by Gasteiger charge is -2.28. The number of benzene rings is 1. The summed E-state index contributed by atoms with van der Waals surface area (Å²) in [5, 5.41) is 1.30. The summed E-state index contributed by atoms with van der Waals surface area (Å²) in [7, 11) is 2.15. The molecule has 0 spiro atoms. The van der Waals surface area contributed by atoms with Crippen LogP contribution in [0.3, 0.4) is 0 Å². The lowest BCUT2D eigenvalue weighted by Crippen LogP contribution is -2.31. The molecule has 1 aliphatic heterocycles. The molecule has 0 amide bonds. The molecule has 0 saturated heterocycles. The van der Waals surface area contributed by atoms with Gasteiger partial charge in [-0.05, 0) is 41.6 Å². The number of hydrogen-bond donors (Lipinski definition) is 0. The molecule has 0 aliphatic carbocycles. The molecule has 5 rings (SSSR count). The normalized spacial score (nSPS) is 14.4. The van der Waals surface area contributed by atoms with Crippen molar-refractivity contribution in [2.75, 3.05) is 6.54 Å². The molecule has 1 aromatic carbocycles. The van der Waals surface area contributed by atoms with Crippen LogP contribution in [0.1, 0.15) is 17.0 Å². The number of pyridine rings is 1. The maximum atomic E-state index is 4.82. The third-order valence-electron chi connectivity index (χ3n) is 5.36. The zero-order valence-electron chi connectivity index (χ0n) is 15.3. The Kier molecular flexibility index (Phi) is 3.94. The minimum Gasteiger partial charge on any atom is -0.346 e. The van der Waals surface area contributed by atoms with E-state index in [1.54, 1.807) is 6.20 Å². The van der Waals surface area contributed by atoms with Gasteiger partial charge in [-0.1, -0.05) is 24.3 Å². The van der Waals surface area contributed by atoms with Gasteiger partial charge in [-0.25, -0.2) is 9.97 Å². The Morgan fingerprint density at radius 2 is 1.93 bits per heavy atom. The van der Waals surface area contributed by atoms with Gasteiger partial charge in [0.1, 0.15) is 5.69 Å². The number of rotatable bonds is 3. The first-order valence-electron chi connectivity index (χ1n) is 9.30. The van der Waals surface area contributed by atoms with E-state index < -0.39 is 0 Å². The number of fused-ring (bicyclic) bond motifs is 2. The highest BCUT2D eigenvalue weighted by atomic mass is 15.2. The van der Waals surface area contributed by atoms with Crippen LogP contribution in [0.4, 0.5) is 0 Å². The molecule has 0 unspecified atom stereocenters. The van der Waals surface area contributed by atoms with Gasteiger partial charge in [0.15, 0.2) is 5.82 Å². The van der Waals surface area contributed by atoms with Gasteiger partial charge in [0.05, 0.1) is 5.69 Å². The summed E-state index contributed by atoms with van der Waals surface area (Å²) < 4.78 is 2.30. The van der Waals surface area contributed by atoms with Gasteiger partial charge in [-0.3, -0.25) is 9.88 Å². The second-order valence-corrected chi connectivity index (χ2v) is 7.09. The minimum atomic E-state index is 0.709. The van der Waals surface area contributed by atoms with E-state index in [2.05, 4.69) is 56.8 Å². The van der Waals surface area contributed by atoms with Crippen molar-refractivity contribution in [1.29, 1.82) is 0 Å². The Morgan fingerprint density at radius 1 is 1.04 bits per heavy atom. The van der Waals surface area contributed by atoms with Crippen molar-refractivity contribution >= 4 is 10.9 Å². The molecule has 0 bridgehead atoms. The van der Waals surface area contributed by atoms with Crippen molar-refractivity contribution < 1.29 is 0 Å². The van der Waals surface area contributed by atoms with Crippen LogP contribution in [0.15, 0.2) is 60.9 Å². The quantitative estimate of drug-likeness (QED) is 0.563. The van der Waals surface area contributed by atoms with E-state index in [4.69, 9.17) is 4.98 Å². The molecule has 1 aliphatic rings. The number of nitrogens with zero attached hydrogens (tertiary/aromatic N) is 5. The average molecular weight is 355 g/mol.